The van der Waals surface area contributed by atoms with Crippen molar-refractivity contribution in [2.24, 2.45) is 0 Å². The van der Waals surface area contributed by atoms with E-state index in [0.29, 0.717) is 35.5 Å². The fourth-order valence-corrected chi connectivity index (χ4v) is 2.93. The van der Waals surface area contributed by atoms with E-state index in [0.717, 1.165) is 5.69 Å². The lowest BCUT2D eigenvalue weighted by Crippen LogP contribution is -2.43. The summed E-state index contributed by atoms with van der Waals surface area (Å²) < 4.78 is 11.4. The van der Waals surface area contributed by atoms with E-state index in [1.807, 2.05) is 11.8 Å². The Labute approximate surface area is 133 Å². The Balaban J connectivity index is 1.93. The quantitative estimate of drug-likeness (QED) is 0.847. The normalized spacial score (nSPS) is 21.6. The van der Waals surface area contributed by atoms with Crippen molar-refractivity contribution in [1.82, 2.24) is 10.2 Å². The van der Waals surface area contributed by atoms with Crippen LogP contribution in [-0.4, -0.2) is 29.4 Å². The molecule has 6 nitrogen and oxygen atoms in total. The summed E-state index contributed by atoms with van der Waals surface area (Å²) in [4.78, 5) is 2.04. The summed E-state index contributed by atoms with van der Waals surface area (Å²) in [6, 6.07) is 7.50. The number of morpholine rings is 1. The first kappa shape index (κ1) is 14.8. The second-order valence-corrected chi connectivity index (χ2v) is 5.65. The summed E-state index contributed by atoms with van der Waals surface area (Å²) in [5.74, 6) is 0.943. The molecule has 1 aliphatic heterocycles. The fourth-order valence-electron chi connectivity index (χ4n) is 2.64. The number of aryl methyl sites for hydroxylation is 1. The highest BCUT2D eigenvalue weighted by Crippen LogP contribution is 2.34. The number of hydrogen-bond acceptors (Lipinski definition) is 6. The monoisotopic (exact) mass is 318 g/mol. The van der Waals surface area contributed by atoms with Gasteiger partial charge in [-0.05, 0) is 19.1 Å². The Hall–Kier alpha value is -2.10. The molecule has 2 atom stereocenters. The van der Waals surface area contributed by atoms with Crippen LogP contribution in [0.4, 0.5) is 5.69 Å². The second kappa shape index (κ2) is 5.95. The second-order valence-electron chi connectivity index (χ2n) is 5.25. The van der Waals surface area contributed by atoms with Crippen molar-refractivity contribution in [3.63, 3.8) is 0 Å². The lowest BCUT2D eigenvalue weighted by atomic mass is 10.1. The fraction of sp³-hybridized carbons (Fsp3) is 0.400. The van der Waals surface area contributed by atoms with Crippen molar-refractivity contribution in [1.29, 1.82) is 5.26 Å². The third kappa shape index (κ3) is 2.78. The van der Waals surface area contributed by atoms with Crippen LogP contribution < -0.4 is 4.90 Å². The average molecular weight is 319 g/mol. The van der Waals surface area contributed by atoms with Gasteiger partial charge >= 0.3 is 0 Å². The molecular formula is C15H15ClN4O2. The van der Waals surface area contributed by atoms with Gasteiger partial charge in [0.2, 0.25) is 11.8 Å². The number of nitrogens with zero attached hydrogens (tertiary/aromatic N) is 4. The van der Waals surface area contributed by atoms with E-state index in [1.54, 1.807) is 25.1 Å². The molecule has 1 aromatic heterocycles. The maximum absolute atomic E-state index is 9.32. The number of anilines is 1. The predicted octanol–water partition coefficient (Wildman–Crippen LogP) is 2.87. The molecule has 1 fully saturated rings. The van der Waals surface area contributed by atoms with Gasteiger partial charge in [-0.15, -0.1) is 10.2 Å². The summed E-state index contributed by atoms with van der Waals surface area (Å²) in [6.07, 6.45) is -0.387. The van der Waals surface area contributed by atoms with Gasteiger partial charge in [-0.3, -0.25) is 0 Å². The topological polar surface area (TPSA) is 75.2 Å². The molecule has 0 N–H and O–H groups in total. The van der Waals surface area contributed by atoms with Gasteiger partial charge in [0.05, 0.1) is 28.9 Å². The van der Waals surface area contributed by atoms with Crippen LogP contribution in [0.3, 0.4) is 0 Å². The van der Waals surface area contributed by atoms with Gasteiger partial charge < -0.3 is 14.1 Å². The summed E-state index contributed by atoms with van der Waals surface area (Å²) in [7, 11) is 0. The zero-order chi connectivity index (χ0) is 15.7. The minimum atomic E-state index is -0.340. The van der Waals surface area contributed by atoms with Crippen molar-refractivity contribution >= 4 is 17.3 Å². The number of ether oxygens (including phenoxy) is 1. The van der Waals surface area contributed by atoms with E-state index in [-0.39, 0.29) is 12.2 Å². The Kier molecular flexibility index (Phi) is 4.01. The summed E-state index contributed by atoms with van der Waals surface area (Å²) >= 11 is 6.30. The molecule has 0 bridgehead atoms. The molecule has 2 heterocycles. The Morgan fingerprint density at radius 3 is 2.86 bits per heavy atom. The van der Waals surface area contributed by atoms with Crippen LogP contribution in [0.1, 0.15) is 30.4 Å². The van der Waals surface area contributed by atoms with E-state index in [2.05, 4.69) is 16.3 Å². The van der Waals surface area contributed by atoms with Gasteiger partial charge in [-0.1, -0.05) is 17.7 Å². The SMILES string of the molecule is Cc1nnc([C@H]2CN(c3c(Cl)cccc3C#N)C[C@@H](C)O2)o1. The molecule has 0 saturated carbocycles. The highest BCUT2D eigenvalue weighted by atomic mass is 35.5. The maximum Gasteiger partial charge on any atom is 0.247 e. The van der Waals surface area contributed by atoms with Crippen LogP contribution in [0.2, 0.25) is 5.02 Å². The molecule has 1 aliphatic rings. The molecule has 0 radical (unpaired) electrons. The number of para-hydroxylation sites is 1. The molecule has 2 aromatic rings. The molecule has 7 heteroatoms. The van der Waals surface area contributed by atoms with Crippen molar-refractivity contribution in [2.75, 3.05) is 18.0 Å². The van der Waals surface area contributed by atoms with Crippen LogP contribution in [-0.2, 0) is 4.74 Å². The lowest BCUT2D eigenvalue weighted by molar-refractivity contribution is -0.0311. The average Bonchev–Trinajstić information content (AvgIpc) is 2.93. The molecule has 0 amide bonds. The van der Waals surface area contributed by atoms with Crippen molar-refractivity contribution < 1.29 is 9.15 Å². The highest BCUT2D eigenvalue weighted by molar-refractivity contribution is 6.33. The molecule has 22 heavy (non-hydrogen) atoms. The Morgan fingerprint density at radius 1 is 1.36 bits per heavy atom. The number of halogens is 1. The largest absolute Gasteiger partial charge is 0.423 e. The standard InChI is InChI=1S/C15H15ClN4O2/c1-9-7-20(14-11(6-17)4-3-5-12(14)16)8-13(21-9)15-19-18-10(2)22-15/h3-5,9,13H,7-8H2,1-2H3/t9-,13-/m1/s1. The molecule has 1 aromatic carbocycles. The first-order valence-electron chi connectivity index (χ1n) is 6.97. The van der Waals surface area contributed by atoms with Crippen molar-refractivity contribution in [3.8, 4) is 6.07 Å². The summed E-state index contributed by atoms with van der Waals surface area (Å²) in [6.45, 7) is 4.85. The minimum Gasteiger partial charge on any atom is -0.423 e. The van der Waals surface area contributed by atoms with E-state index in [4.69, 9.17) is 20.8 Å². The zero-order valence-electron chi connectivity index (χ0n) is 12.3. The smallest absolute Gasteiger partial charge is 0.247 e. The highest BCUT2D eigenvalue weighted by Gasteiger charge is 2.32. The van der Waals surface area contributed by atoms with Crippen LogP contribution in [0.5, 0.6) is 0 Å². The van der Waals surface area contributed by atoms with Gasteiger partial charge in [0.1, 0.15) is 6.07 Å². The van der Waals surface area contributed by atoms with Gasteiger partial charge in [0, 0.05) is 13.5 Å². The van der Waals surface area contributed by atoms with Gasteiger partial charge in [-0.2, -0.15) is 5.26 Å². The van der Waals surface area contributed by atoms with Gasteiger partial charge in [-0.25, -0.2) is 0 Å². The first-order valence-corrected chi connectivity index (χ1v) is 7.35. The van der Waals surface area contributed by atoms with Crippen LogP contribution in [0.15, 0.2) is 22.6 Å². The van der Waals surface area contributed by atoms with Crippen molar-refractivity contribution in [3.05, 3.63) is 40.6 Å². The third-order valence-corrected chi connectivity index (χ3v) is 3.81. The number of rotatable bonds is 2. The number of aromatic nitrogens is 2. The minimum absolute atomic E-state index is 0.0474. The lowest BCUT2D eigenvalue weighted by Gasteiger charge is -2.37. The molecule has 0 spiro atoms. The number of benzene rings is 1. The van der Waals surface area contributed by atoms with Crippen molar-refractivity contribution in [2.45, 2.75) is 26.1 Å². The molecule has 0 aliphatic carbocycles. The Morgan fingerprint density at radius 2 is 2.18 bits per heavy atom. The molecule has 114 valence electrons. The number of nitriles is 1. The zero-order valence-corrected chi connectivity index (χ0v) is 13.0. The third-order valence-electron chi connectivity index (χ3n) is 3.50. The summed E-state index contributed by atoms with van der Waals surface area (Å²) in [5.41, 5.74) is 1.27. The molecule has 1 saturated heterocycles. The van der Waals surface area contributed by atoms with Gasteiger partial charge in [0.15, 0.2) is 6.10 Å². The molecule has 3 rings (SSSR count). The molecule has 0 unspecified atom stereocenters. The molecular weight excluding hydrogens is 304 g/mol. The van der Waals surface area contributed by atoms with E-state index in [1.165, 1.54) is 0 Å². The van der Waals surface area contributed by atoms with E-state index >= 15 is 0 Å². The van der Waals surface area contributed by atoms with E-state index < -0.39 is 0 Å². The Bertz CT molecular complexity index is 725. The summed E-state index contributed by atoms with van der Waals surface area (Å²) in [5, 5.41) is 17.7. The maximum atomic E-state index is 9.32. The predicted molar refractivity (Wildman–Crippen MR) is 80.7 cm³/mol. The van der Waals surface area contributed by atoms with Crippen LogP contribution in [0, 0.1) is 18.3 Å². The van der Waals surface area contributed by atoms with Crippen LogP contribution >= 0.6 is 11.6 Å². The van der Waals surface area contributed by atoms with Gasteiger partial charge in [0.25, 0.3) is 0 Å². The first-order chi connectivity index (χ1) is 10.6. The van der Waals surface area contributed by atoms with Crippen LogP contribution in [0.25, 0.3) is 0 Å². The van der Waals surface area contributed by atoms with E-state index in [9.17, 15) is 5.26 Å². The number of hydrogen-bond donors (Lipinski definition) is 0.